The highest BCUT2D eigenvalue weighted by atomic mass is 16.6. The predicted octanol–water partition coefficient (Wildman–Crippen LogP) is -1.74. The minimum atomic E-state index is -0.999. The predicted molar refractivity (Wildman–Crippen MR) is 71.9 cm³/mol. The van der Waals surface area contributed by atoms with Crippen molar-refractivity contribution in [3.8, 4) is 0 Å². The molecule has 1 fully saturated rings. The van der Waals surface area contributed by atoms with Crippen molar-refractivity contribution in [2.75, 3.05) is 25.2 Å². The third-order valence-corrected chi connectivity index (χ3v) is 3.55. The standard InChI is InChI=1S/C11H16N6O4/c1-20-7-6(19)4(2-18)21-10(7)17-9-5(16-11(17)13)8(12)14-3-15-9/h3-4,6-7,10,18-19H,2H2,1H3,(H2,13,16)(H2,12,14,15)/t4-,6?,7?,10-/m1/s1. The van der Waals surface area contributed by atoms with Crippen molar-refractivity contribution in [1.82, 2.24) is 19.5 Å². The van der Waals surface area contributed by atoms with Crippen LogP contribution in [0.2, 0.25) is 0 Å². The highest BCUT2D eigenvalue weighted by molar-refractivity contribution is 5.83. The van der Waals surface area contributed by atoms with E-state index in [9.17, 15) is 10.2 Å². The highest BCUT2D eigenvalue weighted by Crippen LogP contribution is 2.35. The fourth-order valence-corrected chi connectivity index (χ4v) is 2.53. The zero-order valence-electron chi connectivity index (χ0n) is 11.2. The van der Waals surface area contributed by atoms with Crippen molar-refractivity contribution >= 4 is 22.9 Å². The van der Waals surface area contributed by atoms with E-state index in [1.807, 2.05) is 0 Å². The number of hydrogen-bond donors (Lipinski definition) is 4. The van der Waals surface area contributed by atoms with Gasteiger partial charge in [-0.1, -0.05) is 0 Å². The van der Waals surface area contributed by atoms with Crippen molar-refractivity contribution < 1.29 is 19.7 Å². The van der Waals surface area contributed by atoms with Crippen LogP contribution in [0, 0.1) is 0 Å². The minimum absolute atomic E-state index is 0.107. The quantitative estimate of drug-likeness (QED) is 0.516. The van der Waals surface area contributed by atoms with Crippen LogP contribution in [0.5, 0.6) is 0 Å². The van der Waals surface area contributed by atoms with Crippen LogP contribution in [-0.2, 0) is 9.47 Å². The van der Waals surface area contributed by atoms with Crippen molar-refractivity contribution in [1.29, 1.82) is 0 Å². The van der Waals surface area contributed by atoms with Crippen LogP contribution in [0.4, 0.5) is 11.8 Å². The van der Waals surface area contributed by atoms with Crippen LogP contribution in [0.3, 0.4) is 0 Å². The number of aromatic nitrogens is 4. The number of fused-ring (bicyclic) bond motifs is 1. The van der Waals surface area contributed by atoms with E-state index in [1.54, 1.807) is 0 Å². The van der Waals surface area contributed by atoms with Gasteiger partial charge in [-0.05, 0) is 0 Å². The van der Waals surface area contributed by atoms with Crippen LogP contribution in [0.15, 0.2) is 6.33 Å². The van der Waals surface area contributed by atoms with E-state index in [0.29, 0.717) is 11.2 Å². The molecule has 0 spiro atoms. The Morgan fingerprint density at radius 3 is 2.86 bits per heavy atom. The Morgan fingerprint density at radius 2 is 2.19 bits per heavy atom. The highest BCUT2D eigenvalue weighted by Gasteiger charge is 2.46. The summed E-state index contributed by atoms with van der Waals surface area (Å²) in [4.78, 5) is 12.1. The van der Waals surface area contributed by atoms with Gasteiger partial charge in [0.25, 0.3) is 0 Å². The second-order valence-electron chi connectivity index (χ2n) is 4.71. The average Bonchev–Trinajstić information content (AvgIpc) is 2.96. The molecule has 10 nitrogen and oxygen atoms in total. The molecule has 114 valence electrons. The van der Waals surface area contributed by atoms with Crippen molar-refractivity contribution in [2.24, 2.45) is 0 Å². The van der Waals surface area contributed by atoms with Gasteiger partial charge in [-0.2, -0.15) is 0 Å². The van der Waals surface area contributed by atoms with Gasteiger partial charge in [-0.15, -0.1) is 0 Å². The van der Waals surface area contributed by atoms with Gasteiger partial charge < -0.3 is 31.2 Å². The molecule has 1 saturated heterocycles. The number of ether oxygens (including phenoxy) is 2. The fraction of sp³-hybridized carbons (Fsp3) is 0.545. The summed E-state index contributed by atoms with van der Waals surface area (Å²) >= 11 is 0. The summed E-state index contributed by atoms with van der Waals surface area (Å²) in [6.45, 7) is -0.346. The molecule has 4 atom stereocenters. The number of hydrogen-bond acceptors (Lipinski definition) is 9. The van der Waals surface area contributed by atoms with Gasteiger partial charge >= 0.3 is 0 Å². The van der Waals surface area contributed by atoms with Crippen LogP contribution in [0.25, 0.3) is 11.2 Å². The molecule has 0 bridgehead atoms. The van der Waals surface area contributed by atoms with Gasteiger partial charge in [0.1, 0.15) is 24.6 Å². The molecule has 0 saturated carbocycles. The molecular weight excluding hydrogens is 280 g/mol. The summed E-state index contributed by atoms with van der Waals surface area (Å²) in [5.41, 5.74) is 12.4. The van der Waals surface area contributed by atoms with E-state index in [0.717, 1.165) is 0 Å². The lowest BCUT2D eigenvalue weighted by Crippen LogP contribution is -2.34. The molecule has 0 amide bonds. The molecule has 2 aromatic rings. The van der Waals surface area contributed by atoms with Gasteiger partial charge in [0, 0.05) is 7.11 Å². The monoisotopic (exact) mass is 296 g/mol. The zero-order valence-corrected chi connectivity index (χ0v) is 11.2. The van der Waals surface area contributed by atoms with Crippen LogP contribution < -0.4 is 11.5 Å². The van der Waals surface area contributed by atoms with Gasteiger partial charge in [0.2, 0.25) is 5.95 Å². The smallest absolute Gasteiger partial charge is 0.204 e. The maximum Gasteiger partial charge on any atom is 0.204 e. The first-order chi connectivity index (χ1) is 10.1. The molecular formula is C11H16N6O4. The summed E-state index contributed by atoms with van der Waals surface area (Å²) in [6, 6.07) is 0. The Morgan fingerprint density at radius 1 is 1.43 bits per heavy atom. The summed E-state index contributed by atoms with van der Waals surface area (Å²) in [6.07, 6.45) is -2.00. The summed E-state index contributed by atoms with van der Waals surface area (Å²) in [5.74, 6) is 0.298. The molecule has 2 unspecified atom stereocenters. The topological polar surface area (TPSA) is 155 Å². The van der Waals surface area contributed by atoms with Crippen molar-refractivity contribution in [3.63, 3.8) is 0 Å². The molecule has 0 radical (unpaired) electrons. The van der Waals surface area contributed by atoms with E-state index in [2.05, 4.69) is 15.0 Å². The molecule has 6 N–H and O–H groups in total. The van der Waals surface area contributed by atoms with E-state index in [-0.39, 0.29) is 18.4 Å². The number of nitrogen functional groups attached to an aromatic ring is 2. The number of methoxy groups -OCH3 is 1. The Labute approximate surface area is 119 Å². The third kappa shape index (κ3) is 2.00. The molecule has 2 aromatic heterocycles. The molecule has 0 aromatic carbocycles. The molecule has 3 rings (SSSR count). The maximum absolute atomic E-state index is 10.1. The first-order valence-electron chi connectivity index (χ1n) is 6.29. The Hall–Kier alpha value is -2.01. The summed E-state index contributed by atoms with van der Waals surface area (Å²) in [7, 11) is 1.43. The molecule has 21 heavy (non-hydrogen) atoms. The fourth-order valence-electron chi connectivity index (χ4n) is 2.53. The lowest BCUT2D eigenvalue weighted by atomic mass is 10.1. The van der Waals surface area contributed by atoms with Gasteiger partial charge in [-0.25, -0.2) is 15.0 Å². The average molecular weight is 296 g/mol. The lowest BCUT2D eigenvalue weighted by molar-refractivity contribution is -0.0571. The Kier molecular flexibility index (Phi) is 3.37. The minimum Gasteiger partial charge on any atom is -0.394 e. The molecule has 3 heterocycles. The zero-order chi connectivity index (χ0) is 15.1. The molecule has 10 heteroatoms. The van der Waals surface area contributed by atoms with Crippen molar-refractivity contribution in [2.45, 2.75) is 24.5 Å². The molecule has 1 aliphatic rings. The molecule has 0 aliphatic carbocycles. The van der Waals surface area contributed by atoms with E-state index >= 15 is 0 Å². The Bertz CT molecular complexity index is 661. The SMILES string of the molecule is COC1C(O)[C@@H](CO)O[C@H]1n1c(N)nc2c(N)ncnc21. The van der Waals surface area contributed by atoms with E-state index in [1.165, 1.54) is 18.0 Å². The first kappa shape index (κ1) is 13.9. The number of aliphatic hydroxyl groups is 2. The number of nitrogens with zero attached hydrogens (tertiary/aromatic N) is 4. The first-order valence-corrected chi connectivity index (χ1v) is 6.29. The number of rotatable bonds is 3. The molecule has 1 aliphatic heterocycles. The van der Waals surface area contributed by atoms with Crippen LogP contribution in [0.1, 0.15) is 6.23 Å². The van der Waals surface area contributed by atoms with Gasteiger partial charge in [-0.3, -0.25) is 4.57 Å². The largest absolute Gasteiger partial charge is 0.394 e. The Balaban J connectivity index is 2.12. The third-order valence-electron chi connectivity index (χ3n) is 3.55. The second-order valence-corrected chi connectivity index (χ2v) is 4.71. The van der Waals surface area contributed by atoms with Gasteiger partial charge in [0.05, 0.1) is 6.61 Å². The maximum atomic E-state index is 10.1. The normalized spacial score (nSPS) is 29.3. The summed E-state index contributed by atoms with van der Waals surface area (Å²) < 4.78 is 12.4. The van der Waals surface area contributed by atoms with Crippen LogP contribution >= 0.6 is 0 Å². The van der Waals surface area contributed by atoms with Crippen LogP contribution in [-0.4, -0.2) is 61.8 Å². The summed E-state index contributed by atoms with van der Waals surface area (Å²) in [5, 5.41) is 19.3. The number of imidazole rings is 1. The van der Waals surface area contributed by atoms with Gasteiger partial charge in [0.15, 0.2) is 23.2 Å². The van der Waals surface area contributed by atoms with E-state index in [4.69, 9.17) is 20.9 Å². The van der Waals surface area contributed by atoms with Crippen molar-refractivity contribution in [3.05, 3.63) is 6.33 Å². The number of anilines is 2. The second kappa shape index (κ2) is 5.07. The number of aliphatic hydroxyl groups excluding tert-OH is 2. The number of nitrogens with two attached hydrogens (primary N) is 2. The lowest BCUT2D eigenvalue weighted by Gasteiger charge is -2.20. The van der Waals surface area contributed by atoms with E-state index < -0.39 is 24.5 Å².